The number of hydrogen-bond acceptors (Lipinski definition) is 35. The predicted octanol–water partition coefficient (Wildman–Crippen LogP) is 16.4. The number of fused-ring (bicyclic) bond motifs is 3. The first-order valence-electron chi connectivity index (χ1n) is 45.4. The molecule has 1 atom stereocenters. The Labute approximate surface area is 837 Å². The van der Waals surface area contributed by atoms with E-state index in [1.807, 2.05) is 13.0 Å². The molecule has 0 saturated carbocycles. The number of carbonyl (C=O) groups is 3. The topological polar surface area (TPSA) is 478 Å². The minimum absolute atomic E-state index is 0. The number of carbonyl (C=O) groups excluding carboxylic acids is 3. The number of ether oxygens (including phenoxy) is 11. The van der Waals surface area contributed by atoms with Gasteiger partial charge in [0, 0.05) is 122 Å². The number of furan rings is 3. The van der Waals surface area contributed by atoms with Gasteiger partial charge in [-0.3, -0.25) is 14.4 Å². The minimum Gasteiger partial charge on any atom is -0.523 e. The summed E-state index contributed by atoms with van der Waals surface area (Å²) in [4.78, 5) is 83.4. The molecule has 0 aromatic carbocycles. The van der Waals surface area contributed by atoms with Crippen molar-refractivity contribution >= 4 is 99.3 Å². The summed E-state index contributed by atoms with van der Waals surface area (Å²) in [6.45, 7) is 28.2. The number of hydrogen-bond donors (Lipinski definition) is 3. The minimum atomic E-state index is -1.93. The van der Waals surface area contributed by atoms with Crippen molar-refractivity contribution in [1.29, 1.82) is 15.8 Å². The maximum Gasteiger partial charge on any atom is 0.570 e. The fourth-order valence-corrected chi connectivity index (χ4v) is 16.5. The third kappa shape index (κ3) is 26.9. The van der Waals surface area contributed by atoms with Crippen LogP contribution in [-0.2, 0) is 18.3 Å². The molecule has 1 radical (unpaired) electrons. The molecule has 142 heavy (non-hydrogen) atoms. The molecule has 3 N–H and O–H groups in total. The van der Waals surface area contributed by atoms with Gasteiger partial charge >= 0.3 is 7.69 Å². The normalized spacial score (nSPS) is 13.0. The summed E-state index contributed by atoms with van der Waals surface area (Å²) in [6.07, 6.45) is 13.0. The molecule has 43 heteroatoms. The van der Waals surface area contributed by atoms with Crippen LogP contribution in [0.15, 0.2) is 123 Å². The summed E-state index contributed by atoms with van der Waals surface area (Å²) in [7, 11) is 10.8. The second kappa shape index (κ2) is 50.4. The van der Waals surface area contributed by atoms with Crippen molar-refractivity contribution in [2.75, 3.05) is 136 Å². The molecule has 12 aromatic heterocycles. The first-order valence-corrected chi connectivity index (χ1v) is 51.6. The third-order valence-corrected chi connectivity index (χ3v) is 33.8. The predicted molar refractivity (Wildman–Crippen MR) is 536 cm³/mol. The van der Waals surface area contributed by atoms with Crippen LogP contribution in [0.4, 0.5) is 0 Å². The standard InChI is InChI=1S/C35H43N5O7Si.C29H29N5O7.C24H32ClN3O5Si.C11H14BN2O4.ClH/c1-35(2,3)48(7,8)45-16-13-40(4)34(41)22-17-28(42-5)32(38-20-22)29-18-25-33(47-29)31(30(43-6)21-37-25)24-9-10-27(26(19-36)39-24)46-23-11-14-44-15-12-23;1-34(8-9-35)29(36)17-12-23(37-2)27(32-15-17)24-13-20-28(41-24)26(25(38-3)16-31-20)19-4-5-22(21(14-30)33-19)40-18-6-10-39-11-7-18;1-24(2,3)34(7,8)32-10-9-28(4)23(29)15-11-17(30-5)21(27-13-15)18-12-16-22(33-18)20(25)19(31-6)14-26-16;1-2-8(5-6-15)17-10-3-4-11(18-12-16)14-9(10)7-13;/h9-10,17-18,20-21,23H,11-16H2,1-8H3;4-5,12-13,15-16,18,35H,6-11H2,1-3H3;11-14H,9-10H2,1-8H3;3-4,8,15-16H,2,5-6H2,1H3;1H. The van der Waals surface area contributed by atoms with Gasteiger partial charge in [0.25, 0.3) is 17.7 Å². The first kappa shape index (κ1) is 111. The maximum absolute atomic E-state index is 13.3. The average Bonchev–Trinajstić information content (AvgIpc) is 1.60. The lowest BCUT2D eigenvalue weighted by atomic mass is 10.1. The zero-order chi connectivity index (χ0) is 102. The van der Waals surface area contributed by atoms with Gasteiger partial charge in [-0.05, 0) is 91.2 Å². The highest BCUT2D eigenvalue weighted by Crippen LogP contribution is 2.46. The molecule has 0 bridgehead atoms. The van der Waals surface area contributed by atoms with Crippen LogP contribution in [0.1, 0.15) is 135 Å². The van der Waals surface area contributed by atoms with Gasteiger partial charge in [-0.15, -0.1) is 12.4 Å². The highest BCUT2D eigenvalue weighted by atomic mass is 35.5. The van der Waals surface area contributed by atoms with Gasteiger partial charge < -0.3 is 109 Å². The highest BCUT2D eigenvalue weighted by Gasteiger charge is 2.39. The molecule has 753 valence electrons. The van der Waals surface area contributed by atoms with Gasteiger partial charge in [0.05, 0.1) is 147 Å². The van der Waals surface area contributed by atoms with Crippen LogP contribution in [0.25, 0.3) is 90.2 Å². The van der Waals surface area contributed by atoms with Crippen LogP contribution in [-0.4, -0.2) is 271 Å². The molecule has 12 aromatic rings. The largest absolute Gasteiger partial charge is 0.570 e. The van der Waals surface area contributed by atoms with Crippen molar-refractivity contribution in [1.82, 2.24) is 59.6 Å². The lowest BCUT2D eigenvalue weighted by molar-refractivity contribution is 0.0251. The van der Waals surface area contributed by atoms with Crippen LogP contribution in [0.5, 0.6) is 57.6 Å². The SMILES string of the molecule is CCC(CCO)Oc1ccc(O[B]O)nc1C#N.COc1cc(C(=O)N(C)CCO)cnc1-c1cc2ncc(OC)c(-c3ccc(OC4CCOCC4)c(C#N)n3)c2o1.COc1cc(C(=O)N(C)CCO[Si](C)(C)C(C)(C)C)cnc1-c1cc2ncc(OC)c(-c3ccc(OC4CCOCC4)c(C#N)n3)c2o1.COc1cc(C(=O)N(C)CCO[Si](C)(C)C(C)(C)C)cnc1-c1cc2ncc(OC)c(Cl)c2o1.Cl. The number of aliphatic hydroxyl groups is 2. The number of methoxy groups -OCH3 is 6. The van der Waals surface area contributed by atoms with E-state index in [1.54, 1.807) is 110 Å². The Bertz CT molecular complexity index is 6510. The molecular weight excluding hydrogens is 1910 g/mol. The molecule has 14 rings (SSSR count). The molecule has 2 aliphatic rings. The Kier molecular flexibility index (Phi) is 39.2. The van der Waals surface area contributed by atoms with Crippen molar-refractivity contribution in [3.8, 4) is 133 Å². The molecular formula is C99H119BCl2N15O23Si2. The molecule has 14 heterocycles. The van der Waals surface area contributed by atoms with E-state index in [9.17, 15) is 24.9 Å². The van der Waals surface area contributed by atoms with Crippen molar-refractivity contribution in [2.45, 2.75) is 142 Å². The number of rotatable bonds is 35. The molecule has 2 saturated heterocycles. The molecule has 0 aliphatic carbocycles. The Hall–Kier alpha value is -13.4. The van der Waals surface area contributed by atoms with Crippen molar-refractivity contribution in [2.24, 2.45) is 0 Å². The Balaban J connectivity index is 0.000000203. The van der Waals surface area contributed by atoms with E-state index in [0.29, 0.717) is 237 Å². The molecule has 1 unspecified atom stereocenters. The van der Waals surface area contributed by atoms with Gasteiger partial charge in [0.1, 0.15) is 104 Å². The summed E-state index contributed by atoms with van der Waals surface area (Å²) >= 11 is 6.34. The van der Waals surface area contributed by atoms with Crippen LogP contribution in [0.3, 0.4) is 0 Å². The fraction of sp³-hybridized carbons (Fsp3) is 0.424. The van der Waals surface area contributed by atoms with Crippen molar-refractivity contribution in [3.63, 3.8) is 0 Å². The summed E-state index contributed by atoms with van der Waals surface area (Å²) < 4.78 is 97.3. The lowest BCUT2D eigenvalue weighted by Crippen LogP contribution is -2.43. The first-order chi connectivity index (χ1) is 67.5. The number of pyridine rings is 9. The number of aliphatic hydroxyl groups excluding tert-OH is 2. The zero-order valence-corrected chi connectivity index (χ0v) is 86.8. The Morgan fingerprint density at radius 2 is 0.845 bits per heavy atom. The molecule has 0 spiro atoms. The van der Waals surface area contributed by atoms with E-state index < -0.39 is 16.6 Å². The average molecular weight is 2030 g/mol. The second-order valence-electron chi connectivity index (χ2n) is 35.6. The monoisotopic (exact) mass is 2020 g/mol. The highest BCUT2D eigenvalue weighted by molar-refractivity contribution is 6.74. The van der Waals surface area contributed by atoms with Crippen LogP contribution in [0.2, 0.25) is 41.3 Å². The summed E-state index contributed by atoms with van der Waals surface area (Å²) in [6, 6.07) is 26.2. The van der Waals surface area contributed by atoms with E-state index >= 15 is 0 Å². The van der Waals surface area contributed by atoms with E-state index in [4.69, 9.17) is 106 Å². The number of aromatic nitrogens is 9. The van der Waals surface area contributed by atoms with Gasteiger partial charge in [0.15, 0.2) is 96.6 Å². The third-order valence-electron chi connectivity index (χ3n) is 24.3. The van der Waals surface area contributed by atoms with Crippen molar-refractivity contribution in [3.05, 3.63) is 149 Å². The van der Waals surface area contributed by atoms with Gasteiger partial charge in [-0.1, -0.05) is 60.1 Å². The Morgan fingerprint density at radius 3 is 1.20 bits per heavy atom. The molecule has 2 fully saturated rings. The van der Waals surface area contributed by atoms with Crippen LogP contribution < -0.4 is 47.3 Å². The smallest absolute Gasteiger partial charge is 0.523 e. The van der Waals surface area contributed by atoms with Crippen molar-refractivity contribution < 1.29 is 108 Å². The van der Waals surface area contributed by atoms with Gasteiger partial charge in [-0.25, -0.2) is 44.9 Å². The summed E-state index contributed by atoms with van der Waals surface area (Å²) in [5.41, 5.74) is 7.33. The second-order valence-corrected chi connectivity index (χ2v) is 45.6. The van der Waals surface area contributed by atoms with E-state index in [0.717, 1.165) is 25.7 Å². The van der Waals surface area contributed by atoms with Crippen LogP contribution >= 0.6 is 24.0 Å². The molecule has 38 nitrogen and oxygen atoms in total. The van der Waals surface area contributed by atoms with E-state index in [-0.39, 0.29) is 101 Å². The Morgan fingerprint density at radius 1 is 0.486 bits per heavy atom. The quantitative estimate of drug-likeness (QED) is 0.0311. The van der Waals surface area contributed by atoms with Gasteiger partial charge in [-0.2, -0.15) is 15.8 Å². The fourth-order valence-electron chi connectivity index (χ4n) is 14.1. The zero-order valence-electron chi connectivity index (χ0n) is 83.2. The maximum atomic E-state index is 13.3. The number of likely N-dealkylation sites (N-methyl/N-ethyl adjacent to an activating group) is 3. The number of nitriles is 3. The molecule has 2 aliphatic heterocycles. The van der Waals surface area contributed by atoms with E-state index in [1.165, 1.54) is 78.4 Å². The lowest BCUT2D eigenvalue weighted by Gasteiger charge is -2.36. The number of nitrogens with zero attached hydrogens (tertiary/aromatic N) is 15. The molecule has 3 amide bonds. The number of halogens is 2. The summed E-state index contributed by atoms with van der Waals surface area (Å²) in [5, 5.41) is 55.8. The summed E-state index contributed by atoms with van der Waals surface area (Å²) in [5.74, 6) is 4.04. The number of amides is 3. The van der Waals surface area contributed by atoms with E-state index in [2.05, 4.69) is 129 Å². The van der Waals surface area contributed by atoms with Crippen LogP contribution in [0, 0.1) is 34.0 Å². The van der Waals surface area contributed by atoms with Gasteiger partial charge in [0.2, 0.25) is 0 Å².